The Kier molecular flexibility index (Phi) is 10.8. The second-order valence-corrected chi connectivity index (χ2v) is 9.93. The van der Waals surface area contributed by atoms with Crippen LogP contribution in [0.3, 0.4) is 0 Å². The molecule has 0 saturated carbocycles. The van der Waals surface area contributed by atoms with Crippen molar-refractivity contribution in [2.24, 2.45) is 0 Å². The van der Waals surface area contributed by atoms with Crippen LogP contribution < -0.4 is 9.64 Å². The molecule has 0 N–H and O–H groups in total. The van der Waals surface area contributed by atoms with E-state index in [1.54, 1.807) is 30.2 Å². The summed E-state index contributed by atoms with van der Waals surface area (Å²) in [6, 6.07) is 14.3. The number of fused-ring (bicyclic) bond motifs is 1. The van der Waals surface area contributed by atoms with Crippen LogP contribution in [0.1, 0.15) is 24.8 Å². The van der Waals surface area contributed by atoms with Gasteiger partial charge in [-0.1, -0.05) is 23.5 Å². The van der Waals surface area contributed by atoms with Crippen molar-refractivity contribution in [1.82, 2.24) is 9.88 Å². The summed E-state index contributed by atoms with van der Waals surface area (Å²) in [5.41, 5.74) is 2.15. The van der Waals surface area contributed by atoms with Crippen LogP contribution in [0.2, 0.25) is 0 Å². The third-order valence-electron chi connectivity index (χ3n) is 4.99. The van der Waals surface area contributed by atoms with Crippen molar-refractivity contribution in [3.05, 3.63) is 48.0 Å². The molecule has 0 atom stereocenters. The maximum absolute atomic E-state index is 13.1. The van der Waals surface area contributed by atoms with Gasteiger partial charge in [0.15, 0.2) is 5.13 Å². The van der Waals surface area contributed by atoms with Crippen molar-refractivity contribution < 1.29 is 9.53 Å². The van der Waals surface area contributed by atoms with E-state index in [0.717, 1.165) is 51.8 Å². The standard InChI is InChI=1S/C24H31N3O2S2.ClH/c1-18-8-5-9-21-23(18)25-24(31-21)27(16-7-15-26(2)3)22(28)10-6-17-30-20-13-11-19(29-4)12-14-20;/h5,8-9,11-14H,6-7,10,15-17H2,1-4H3;1H. The van der Waals surface area contributed by atoms with E-state index < -0.39 is 0 Å². The average molecular weight is 494 g/mol. The van der Waals surface area contributed by atoms with E-state index >= 15 is 0 Å². The number of para-hydroxylation sites is 1. The summed E-state index contributed by atoms with van der Waals surface area (Å²) in [5, 5.41) is 0.816. The summed E-state index contributed by atoms with van der Waals surface area (Å²) in [4.78, 5) is 23.2. The smallest absolute Gasteiger partial charge is 0.228 e. The molecule has 1 amide bonds. The van der Waals surface area contributed by atoms with Crippen LogP contribution in [0, 0.1) is 6.92 Å². The minimum absolute atomic E-state index is 0. The minimum atomic E-state index is 0. The summed E-state index contributed by atoms with van der Waals surface area (Å²) in [7, 11) is 5.79. The zero-order valence-electron chi connectivity index (χ0n) is 19.2. The monoisotopic (exact) mass is 493 g/mol. The first-order valence-electron chi connectivity index (χ1n) is 10.6. The average Bonchev–Trinajstić information content (AvgIpc) is 3.19. The van der Waals surface area contributed by atoms with Gasteiger partial charge in [-0.25, -0.2) is 4.98 Å². The van der Waals surface area contributed by atoms with E-state index in [1.807, 2.05) is 23.1 Å². The predicted molar refractivity (Wildman–Crippen MR) is 140 cm³/mol. The number of amides is 1. The molecule has 32 heavy (non-hydrogen) atoms. The van der Waals surface area contributed by atoms with E-state index in [9.17, 15) is 4.79 Å². The number of carbonyl (C=O) groups is 1. The lowest BCUT2D eigenvalue weighted by atomic mass is 10.2. The Labute approximate surface area is 205 Å². The number of methoxy groups -OCH3 is 1. The third kappa shape index (κ3) is 7.37. The number of carbonyl (C=O) groups excluding carboxylic acids is 1. The highest BCUT2D eigenvalue weighted by Crippen LogP contribution is 2.31. The molecule has 174 valence electrons. The Balaban J connectivity index is 0.00000363. The fraction of sp³-hybridized carbons (Fsp3) is 0.417. The molecule has 0 unspecified atom stereocenters. The van der Waals surface area contributed by atoms with Crippen molar-refractivity contribution in [2.45, 2.75) is 31.1 Å². The summed E-state index contributed by atoms with van der Waals surface area (Å²) in [6.07, 6.45) is 2.29. The van der Waals surface area contributed by atoms with Gasteiger partial charge >= 0.3 is 0 Å². The van der Waals surface area contributed by atoms with Gasteiger partial charge in [-0.05, 0) is 82.1 Å². The SMILES string of the molecule is COc1ccc(SCCCC(=O)N(CCCN(C)C)c2nc3c(C)cccc3s2)cc1.Cl. The number of thioether (sulfide) groups is 1. The molecule has 0 spiro atoms. The highest BCUT2D eigenvalue weighted by atomic mass is 35.5. The Bertz CT molecular complexity index is 993. The number of hydrogen-bond donors (Lipinski definition) is 0. The summed E-state index contributed by atoms with van der Waals surface area (Å²) >= 11 is 3.38. The Hall–Kier alpha value is -1.80. The number of nitrogens with zero attached hydrogens (tertiary/aromatic N) is 3. The van der Waals surface area contributed by atoms with Gasteiger partial charge in [0, 0.05) is 17.9 Å². The molecular weight excluding hydrogens is 462 g/mol. The van der Waals surface area contributed by atoms with E-state index in [0.29, 0.717) is 13.0 Å². The van der Waals surface area contributed by atoms with Crippen LogP contribution in [0.5, 0.6) is 5.75 Å². The van der Waals surface area contributed by atoms with Crippen LogP contribution in [0.25, 0.3) is 10.2 Å². The van der Waals surface area contributed by atoms with Crippen LogP contribution in [-0.4, -0.2) is 55.8 Å². The highest BCUT2D eigenvalue weighted by molar-refractivity contribution is 7.99. The number of rotatable bonds is 11. The fourth-order valence-corrected chi connectivity index (χ4v) is 5.22. The topological polar surface area (TPSA) is 45.7 Å². The minimum Gasteiger partial charge on any atom is -0.497 e. The van der Waals surface area contributed by atoms with Crippen molar-refractivity contribution in [1.29, 1.82) is 0 Å². The highest BCUT2D eigenvalue weighted by Gasteiger charge is 2.19. The molecule has 3 aromatic rings. The summed E-state index contributed by atoms with van der Waals surface area (Å²) in [6.45, 7) is 3.71. The number of thiazole rings is 1. The molecule has 1 heterocycles. The Morgan fingerprint density at radius 2 is 1.84 bits per heavy atom. The number of anilines is 1. The molecule has 0 fully saturated rings. The molecule has 0 bridgehead atoms. The molecule has 1 aromatic heterocycles. The van der Waals surface area contributed by atoms with Crippen LogP contribution in [-0.2, 0) is 4.79 Å². The van der Waals surface area contributed by atoms with Gasteiger partial charge in [-0.3, -0.25) is 9.69 Å². The van der Waals surface area contributed by atoms with E-state index in [4.69, 9.17) is 9.72 Å². The number of aryl methyl sites for hydroxylation is 1. The van der Waals surface area contributed by atoms with Gasteiger partial charge in [0.05, 0.1) is 17.3 Å². The van der Waals surface area contributed by atoms with E-state index in [2.05, 4.69) is 50.2 Å². The molecule has 0 aliphatic heterocycles. The maximum Gasteiger partial charge on any atom is 0.228 e. The van der Waals surface area contributed by atoms with Gasteiger partial charge in [0.2, 0.25) is 5.91 Å². The molecular formula is C24H32ClN3O2S2. The first-order valence-corrected chi connectivity index (χ1v) is 12.4. The number of ether oxygens (including phenoxy) is 1. The van der Waals surface area contributed by atoms with Crippen LogP contribution in [0.4, 0.5) is 5.13 Å². The van der Waals surface area contributed by atoms with Crippen LogP contribution >= 0.6 is 35.5 Å². The van der Waals surface area contributed by atoms with Crippen molar-refractivity contribution in [3.8, 4) is 5.75 Å². The molecule has 2 aromatic carbocycles. The van der Waals surface area contributed by atoms with E-state index in [1.165, 1.54) is 4.90 Å². The second kappa shape index (κ2) is 13.0. The van der Waals surface area contributed by atoms with Gasteiger partial charge in [0.1, 0.15) is 5.75 Å². The fourth-order valence-electron chi connectivity index (χ4n) is 3.28. The van der Waals surface area contributed by atoms with Crippen LogP contribution in [0.15, 0.2) is 47.4 Å². The van der Waals surface area contributed by atoms with Crippen molar-refractivity contribution >= 4 is 56.8 Å². The quantitative estimate of drug-likeness (QED) is 0.246. The maximum atomic E-state index is 13.1. The summed E-state index contributed by atoms with van der Waals surface area (Å²) < 4.78 is 6.34. The molecule has 0 radical (unpaired) electrons. The van der Waals surface area contributed by atoms with Gasteiger partial charge in [-0.15, -0.1) is 24.2 Å². The van der Waals surface area contributed by atoms with Gasteiger partial charge in [0.25, 0.3) is 0 Å². The third-order valence-corrected chi connectivity index (χ3v) is 7.13. The zero-order valence-corrected chi connectivity index (χ0v) is 21.6. The van der Waals surface area contributed by atoms with Crippen molar-refractivity contribution in [2.75, 3.05) is 44.9 Å². The molecule has 5 nitrogen and oxygen atoms in total. The molecule has 0 aliphatic carbocycles. The molecule has 0 aliphatic rings. The van der Waals surface area contributed by atoms with Gasteiger partial charge < -0.3 is 9.64 Å². The largest absolute Gasteiger partial charge is 0.497 e. The lowest BCUT2D eigenvalue weighted by Crippen LogP contribution is -2.33. The predicted octanol–water partition coefficient (Wildman–Crippen LogP) is 5.89. The molecule has 0 saturated heterocycles. The molecule has 3 rings (SSSR count). The molecule has 8 heteroatoms. The lowest BCUT2D eigenvalue weighted by Gasteiger charge is -2.21. The van der Waals surface area contributed by atoms with Crippen molar-refractivity contribution in [3.63, 3.8) is 0 Å². The number of hydrogen-bond acceptors (Lipinski definition) is 6. The lowest BCUT2D eigenvalue weighted by molar-refractivity contribution is -0.118. The summed E-state index contributed by atoms with van der Waals surface area (Å²) in [5.74, 6) is 1.92. The number of halogens is 1. The normalized spacial score (nSPS) is 10.9. The first kappa shape index (κ1) is 26.5. The number of aromatic nitrogens is 1. The van der Waals surface area contributed by atoms with Gasteiger partial charge in [-0.2, -0.15) is 0 Å². The Morgan fingerprint density at radius 1 is 1.09 bits per heavy atom. The second-order valence-electron chi connectivity index (χ2n) is 7.75. The number of benzene rings is 2. The Morgan fingerprint density at radius 3 is 2.50 bits per heavy atom. The zero-order chi connectivity index (χ0) is 22.2. The van der Waals surface area contributed by atoms with E-state index in [-0.39, 0.29) is 18.3 Å². The first-order chi connectivity index (χ1) is 15.0.